The molecule has 1 aliphatic heterocycles. The number of hydrogen-bond donors (Lipinski definition) is 2. The molecule has 3 heterocycles. The Kier molecular flexibility index (Phi) is 3.77. The number of aliphatic carboxylic acids is 1. The van der Waals surface area contributed by atoms with Gasteiger partial charge in [0.25, 0.3) is 5.91 Å². The quantitative estimate of drug-likeness (QED) is 0.814. The maximum atomic E-state index is 12.9. The number of carboxylic acid groups (broad SMARTS) is 1. The number of carboxylic acids is 1. The predicted octanol–water partition coefficient (Wildman–Crippen LogP) is 0.0837. The third-order valence-corrected chi connectivity index (χ3v) is 4.09. The molecule has 0 bridgehead atoms. The van der Waals surface area contributed by atoms with Crippen molar-refractivity contribution in [2.75, 3.05) is 19.6 Å². The molecule has 1 fully saturated rings. The van der Waals surface area contributed by atoms with Crippen molar-refractivity contribution in [2.45, 2.75) is 19.9 Å². The molecule has 0 spiro atoms. The van der Waals surface area contributed by atoms with E-state index in [-0.39, 0.29) is 12.5 Å². The fourth-order valence-corrected chi connectivity index (χ4v) is 3.01. The molecule has 0 unspecified atom stereocenters. The highest BCUT2D eigenvalue weighted by molar-refractivity contribution is 6.06. The minimum atomic E-state index is -0.948. The van der Waals surface area contributed by atoms with Crippen LogP contribution in [0.1, 0.15) is 21.7 Å². The zero-order chi connectivity index (χ0) is 16.7. The molecule has 0 radical (unpaired) electrons. The Morgan fingerprint density at radius 2 is 2.13 bits per heavy atom. The Balaban J connectivity index is 2.02. The molecule has 0 saturated carbocycles. The number of piperazine rings is 1. The average molecular weight is 317 g/mol. The average Bonchev–Trinajstić information content (AvgIpc) is 2.80. The Morgan fingerprint density at radius 1 is 1.39 bits per heavy atom. The predicted molar refractivity (Wildman–Crippen MR) is 83.3 cm³/mol. The summed E-state index contributed by atoms with van der Waals surface area (Å²) < 4.78 is 1.66. The molecular formula is C15H19N5O3. The van der Waals surface area contributed by atoms with Crippen molar-refractivity contribution < 1.29 is 14.7 Å². The summed E-state index contributed by atoms with van der Waals surface area (Å²) in [6.45, 7) is 4.76. The molecule has 1 aliphatic rings. The van der Waals surface area contributed by atoms with Gasteiger partial charge in [-0.3, -0.25) is 14.3 Å². The lowest BCUT2D eigenvalue weighted by atomic mass is 10.1. The first-order valence-corrected chi connectivity index (χ1v) is 7.45. The van der Waals surface area contributed by atoms with Crippen LogP contribution >= 0.6 is 0 Å². The van der Waals surface area contributed by atoms with Gasteiger partial charge in [-0.25, -0.2) is 4.98 Å². The van der Waals surface area contributed by atoms with Crippen molar-refractivity contribution in [1.82, 2.24) is 25.0 Å². The highest BCUT2D eigenvalue weighted by atomic mass is 16.4. The van der Waals surface area contributed by atoms with Crippen LogP contribution in [0.15, 0.2) is 6.07 Å². The fraction of sp³-hybridized carbons (Fsp3) is 0.467. The largest absolute Gasteiger partial charge is 0.480 e. The summed E-state index contributed by atoms with van der Waals surface area (Å²) in [7, 11) is 1.79. The Hall–Kier alpha value is -2.48. The van der Waals surface area contributed by atoms with E-state index >= 15 is 0 Å². The molecule has 0 aliphatic carbocycles. The zero-order valence-corrected chi connectivity index (χ0v) is 13.3. The maximum absolute atomic E-state index is 12.9. The zero-order valence-electron chi connectivity index (χ0n) is 13.3. The van der Waals surface area contributed by atoms with Crippen LogP contribution in [-0.4, -0.2) is 62.3 Å². The summed E-state index contributed by atoms with van der Waals surface area (Å²) in [6.07, 6.45) is 0. The van der Waals surface area contributed by atoms with Gasteiger partial charge in [-0.1, -0.05) is 0 Å². The van der Waals surface area contributed by atoms with Crippen LogP contribution < -0.4 is 5.32 Å². The van der Waals surface area contributed by atoms with Gasteiger partial charge in [0.2, 0.25) is 0 Å². The number of rotatable bonds is 2. The minimum absolute atomic E-state index is 0.149. The van der Waals surface area contributed by atoms with Crippen molar-refractivity contribution in [1.29, 1.82) is 0 Å². The van der Waals surface area contributed by atoms with Crippen LogP contribution in [0.25, 0.3) is 11.0 Å². The van der Waals surface area contributed by atoms with E-state index in [0.29, 0.717) is 24.3 Å². The molecule has 0 aromatic carbocycles. The molecule has 23 heavy (non-hydrogen) atoms. The van der Waals surface area contributed by atoms with Crippen LogP contribution in [0.4, 0.5) is 0 Å². The Bertz CT molecular complexity index is 798. The minimum Gasteiger partial charge on any atom is -0.480 e. The first-order valence-electron chi connectivity index (χ1n) is 7.45. The lowest BCUT2D eigenvalue weighted by Gasteiger charge is -2.31. The Morgan fingerprint density at radius 3 is 2.83 bits per heavy atom. The van der Waals surface area contributed by atoms with Crippen LogP contribution in [0.5, 0.6) is 0 Å². The number of fused-ring (bicyclic) bond motifs is 1. The van der Waals surface area contributed by atoms with Gasteiger partial charge in [0.1, 0.15) is 6.04 Å². The van der Waals surface area contributed by atoms with Crippen molar-refractivity contribution >= 4 is 22.9 Å². The summed E-state index contributed by atoms with van der Waals surface area (Å²) in [4.78, 5) is 30.1. The van der Waals surface area contributed by atoms with Crippen LogP contribution in [-0.2, 0) is 11.8 Å². The smallest absolute Gasteiger partial charge is 0.322 e. The van der Waals surface area contributed by atoms with E-state index in [1.807, 2.05) is 13.8 Å². The summed E-state index contributed by atoms with van der Waals surface area (Å²) in [5.74, 6) is -1.12. The van der Waals surface area contributed by atoms with E-state index in [9.17, 15) is 9.59 Å². The van der Waals surface area contributed by atoms with E-state index in [2.05, 4.69) is 15.4 Å². The molecule has 1 atom stereocenters. The first kappa shape index (κ1) is 15.4. The van der Waals surface area contributed by atoms with Gasteiger partial charge in [0.05, 0.1) is 16.6 Å². The van der Waals surface area contributed by atoms with Crippen LogP contribution in [0.3, 0.4) is 0 Å². The molecule has 2 aromatic heterocycles. The van der Waals surface area contributed by atoms with Crippen LogP contribution in [0.2, 0.25) is 0 Å². The van der Waals surface area contributed by atoms with Gasteiger partial charge >= 0.3 is 5.97 Å². The lowest BCUT2D eigenvalue weighted by molar-refractivity contribution is -0.140. The fourth-order valence-electron chi connectivity index (χ4n) is 3.01. The number of pyridine rings is 1. The highest BCUT2D eigenvalue weighted by Gasteiger charge is 2.30. The number of nitrogens with one attached hydrogen (secondary N) is 1. The van der Waals surface area contributed by atoms with E-state index < -0.39 is 12.0 Å². The summed E-state index contributed by atoms with van der Waals surface area (Å²) >= 11 is 0. The third-order valence-electron chi connectivity index (χ3n) is 4.09. The molecule has 1 saturated heterocycles. The van der Waals surface area contributed by atoms with Crippen molar-refractivity contribution in [3.8, 4) is 0 Å². The van der Waals surface area contributed by atoms with Crippen molar-refractivity contribution in [3.05, 3.63) is 23.0 Å². The lowest BCUT2D eigenvalue weighted by Crippen LogP contribution is -2.55. The van der Waals surface area contributed by atoms with E-state index in [1.165, 1.54) is 0 Å². The monoisotopic (exact) mass is 317 g/mol. The van der Waals surface area contributed by atoms with E-state index in [4.69, 9.17) is 5.11 Å². The maximum Gasteiger partial charge on any atom is 0.322 e. The highest BCUT2D eigenvalue weighted by Crippen LogP contribution is 2.23. The second kappa shape index (κ2) is 5.62. The summed E-state index contributed by atoms with van der Waals surface area (Å²) in [5.41, 5.74) is 2.66. The van der Waals surface area contributed by atoms with Gasteiger partial charge in [0, 0.05) is 32.4 Å². The summed E-state index contributed by atoms with van der Waals surface area (Å²) in [5, 5.41) is 17.1. The molecule has 3 rings (SSSR count). The molecule has 122 valence electrons. The second-order valence-corrected chi connectivity index (χ2v) is 5.81. The number of aryl methyl sites for hydroxylation is 3. The standard InChI is InChI=1S/C15H19N5O3/c1-8-6-10(12-9(2)18-19(3)13(12)17-8)14(21)20-5-4-16-11(7-20)15(22)23/h6,11,16H,4-5,7H2,1-3H3,(H,22,23)/t11-/m0/s1. The second-order valence-electron chi connectivity index (χ2n) is 5.81. The topological polar surface area (TPSA) is 100 Å². The van der Waals surface area contributed by atoms with Gasteiger partial charge in [-0.15, -0.1) is 0 Å². The van der Waals surface area contributed by atoms with Gasteiger partial charge in [-0.05, 0) is 19.9 Å². The van der Waals surface area contributed by atoms with Gasteiger partial charge in [-0.2, -0.15) is 5.10 Å². The number of nitrogens with zero attached hydrogens (tertiary/aromatic N) is 4. The van der Waals surface area contributed by atoms with Gasteiger partial charge < -0.3 is 15.3 Å². The molecular weight excluding hydrogens is 298 g/mol. The number of carbonyl (C=O) groups is 2. The number of aromatic nitrogens is 3. The SMILES string of the molecule is Cc1cc(C(=O)N2CCN[C@H](C(=O)O)C2)c2c(C)nn(C)c2n1. The first-order chi connectivity index (χ1) is 10.9. The number of carbonyl (C=O) groups excluding carboxylic acids is 1. The van der Waals surface area contributed by atoms with Crippen LogP contribution in [0, 0.1) is 13.8 Å². The Labute approximate surface area is 133 Å². The molecule has 2 aromatic rings. The molecule has 8 heteroatoms. The summed E-state index contributed by atoms with van der Waals surface area (Å²) in [6, 6.07) is 1.01. The number of hydrogen-bond acceptors (Lipinski definition) is 5. The molecule has 1 amide bonds. The third kappa shape index (κ3) is 2.65. The van der Waals surface area contributed by atoms with Gasteiger partial charge in [0.15, 0.2) is 5.65 Å². The molecule has 8 nitrogen and oxygen atoms in total. The van der Waals surface area contributed by atoms with E-state index in [1.54, 1.807) is 22.7 Å². The van der Waals surface area contributed by atoms with E-state index in [0.717, 1.165) is 16.8 Å². The normalized spacial score (nSPS) is 18.4. The van der Waals surface area contributed by atoms with Crippen molar-refractivity contribution in [3.63, 3.8) is 0 Å². The van der Waals surface area contributed by atoms with Crippen molar-refractivity contribution in [2.24, 2.45) is 7.05 Å². The number of amides is 1. The molecule has 2 N–H and O–H groups in total.